The molecule has 0 fully saturated rings. The zero-order chi connectivity index (χ0) is 15.7. The number of hydrogen-bond donors (Lipinski definition) is 1. The topological polar surface area (TPSA) is 57.6 Å². The Morgan fingerprint density at radius 1 is 1.35 bits per heavy atom. The molecule has 0 aliphatic rings. The Kier molecular flexibility index (Phi) is 5.24. The smallest absolute Gasteiger partial charge is 0.243 e. The van der Waals surface area contributed by atoms with E-state index < -0.39 is 10.0 Å². The molecule has 0 heterocycles. The Labute approximate surface area is 126 Å². The van der Waals surface area contributed by atoms with Gasteiger partial charge in [0.2, 0.25) is 10.0 Å². The highest BCUT2D eigenvalue weighted by Crippen LogP contribution is 2.29. The monoisotopic (exact) mass is 319 g/mol. The van der Waals surface area contributed by atoms with Gasteiger partial charge in [-0.1, -0.05) is 38.4 Å². The normalized spacial score (nSPS) is 14.6. The van der Waals surface area contributed by atoms with Crippen molar-refractivity contribution < 1.29 is 13.5 Å². The van der Waals surface area contributed by atoms with Gasteiger partial charge >= 0.3 is 0 Å². The van der Waals surface area contributed by atoms with Gasteiger partial charge in [-0.15, -0.1) is 0 Å². The molecule has 4 nitrogen and oxygen atoms in total. The van der Waals surface area contributed by atoms with Crippen LogP contribution in [0.15, 0.2) is 23.1 Å². The molecule has 1 aromatic rings. The summed E-state index contributed by atoms with van der Waals surface area (Å²) in [6, 6.07) is 4.22. The fourth-order valence-electron chi connectivity index (χ4n) is 1.74. The molecule has 0 spiro atoms. The fraction of sp³-hybridized carbons (Fsp3) is 0.571. The van der Waals surface area contributed by atoms with Crippen molar-refractivity contribution in [2.45, 2.75) is 45.2 Å². The predicted molar refractivity (Wildman–Crippen MR) is 81.2 cm³/mol. The summed E-state index contributed by atoms with van der Waals surface area (Å²) < 4.78 is 26.5. The van der Waals surface area contributed by atoms with E-state index >= 15 is 0 Å². The lowest BCUT2D eigenvalue weighted by molar-refractivity contribution is 0.216. The van der Waals surface area contributed by atoms with Crippen LogP contribution in [0.3, 0.4) is 0 Å². The summed E-state index contributed by atoms with van der Waals surface area (Å²) in [5.41, 5.74) is 0.341. The Morgan fingerprint density at radius 3 is 2.30 bits per heavy atom. The largest absolute Gasteiger partial charge is 0.392 e. The fourth-order valence-corrected chi connectivity index (χ4v) is 3.61. The van der Waals surface area contributed by atoms with Crippen LogP contribution in [0, 0.1) is 5.41 Å². The molecule has 1 N–H and O–H groups in total. The van der Waals surface area contributed by atoms with Crippen LogP contribution >= 0.6 is 11.6 Å². The average Bonchev–Trinajstić information content (AvgIpc) is 2.35. The molecule has 20 heavy (non-hydrogen) atoms. The van der Waals surface area contributed by atoms with Crippen LogP contribution in [-0.2, 0) is 16.6 Å². The zero-order valence-corrected chi connectivity index (χ0v) is 14.1. The van der Waals surface area contributed by atoms with Gasteiger partial charge in [-0.3, -0.25) is 0 Å². The van der Waals surface area contributed by atoms with E-state index in [4.69, 9.17) is 16.7 Å². The average molecular weight is 320 g/mol. The van der Waals surface area contributed by atoms with Gasteiger partial charge < -0.3 is 5.11 Å². The Bertz CT molecular complexity index is 579. The molecule has 114 valence electrons. The van der Waals surface area contributed by atoms with Crippen molar-refractivity contribution in [3.05, 3.63) is 28.8 Å². The first-order valence-corrected chi connectivity index (χ1v) is 8.21. The molecule has 1 atom stereocenters. The number of halogens is 1. The van der Waals surface area contributed by atoms with Crippen LogP contribution < -0.4 is 0 Å². The summed E-state index contributed by atoms with van der Waals surface area (Å²) in [5.74, 6) is 0. The molecule has 0 aliphatic heterocycles. The van der Waals surface area contributed by atoms with Crippen LogP contribution in [0.1, 0.15) is 33.3 Å². The quantitative estimate of drug-likeness (QED) is 0.928. The van der Waals surface area contributed by atoms with E-state index in [2.05, 4.69) is 0 Å². The molecular weight excluding hydrogens is 298 g/mol. The van der Waals surface area contributed by atoms with E-state index in [1.165, 1.54) is 22.5 Å². The van der Waals surface area contributed by atoms with Gasteiger partial charge in [0, 0.05) is 18.1 Å². The highest BCUT2D eigenvalue weighted by molar-refractivity contribution is 7.89. The third kappa shape index (κ3) is 3.52. The third-order valence-electron chi connectivity index (χ3n) is 3.67. The molecule has 0 saturated carbocycles. The molecule has 0 amide bonds. The predicted octanol–water partition coefficient (Wildman–Crippen LogP) is 2.89. The number of hydrogen-bond acceptors (Lipinski definition) is 3. The number of sulfonamides is 1. The first-order chi connectivity index (χ1) is 9.01. The summed E-state index contributed by atoms with van der Waals surface area (Å²) in [7, 11) is -2.03. The number of aliphatic hydroxyl groups is 1. The van der Waals surface area contributed by atoms with E-state index in [0.29, 0.717) is 5.56 Å². The van der Waals surface area contributed by atoms with Crippen LogP contribution in [0.25, 0.3) is 0 Å². The zero-order valence-electron chi connectivity index (χ0n) is 12.5. The first-order valence-electron chi connectivity index (χ1n) is 6.39. The molecule has 6 heteroatoms. The van der Waals surface area contributed by atoms with Gasteiger partial charge in [0.25, 0.3) is 0 Å². The van der Waals surface area contributed by atoms with Crippen LogP contribution in [0.4, 0.5) is 0 Å². The summed E-state index contributed by atoms with van der Waals surface area (Å²) >= 11 is 5.97. The standard InChI is InChI=1S/C14H22ClNO3S/c1-10(14(2,3)4)16(5)20(18,19)12-7-6-11(9-17)13(15)8-12/h6-8,10,17H,9H2,1-5H3. The van der Waals surface area contributed by atoms with Crippen molar-refractivity contribution in [1.29, 1.82) is 0 Å². The second-order valence-corrected chi connectivity index (χ2v) is 8.38. The van der Waals surface area contributed by atoms with Crippen molar-refractivity contribution in [3.8, 4) is 0 Å². The Morgan fingerprint density at radius 2 is 1.90 bits per heavy atom. The number of nitrogens with zero attached hydrogens (tertiary/aromatic N) is 1. The molecule has 0 aliphatic carbocycles. The Balaban J connectivity index is 3.20. The van der Waals surface area contributed by atoms with Crippen molar-refractivity contribution >= 4 is 21.6 Å². The molecule has 0 aromatic heterocycles. The highest BCUT2D eigenvalue weighted by Gasteiger charge is 2.32. The van der Waals surface area contributed by atoms with E-state index in [1.807, 2.05) is 27.7 Å². The molecule has 1 rings (SSSR count). The van der Waals surface area contributed by atoms with Crippen molar-refractivity contribution in [2.75, 3.05) is 7.05 Å². The van der Waals surface area contributed by atoms with Gasteiger partial charge in [-0.2, -0.15) is 4.31 Å². The third-order valence-corrected chi connectivity index (χ3v) is 5.95. The second-order valence-electron chi connectivity index (χ2n) is 5.97. The maximum absolute atomic E-state index is 12.6. The summed E-state index contributed by atoms with van der Waals surface area (Å²) in [6.07, 6.45) is 0. The van der Waals surface area contributed by atoms with Crippen LogP contribution in [-0.4, -0.2) is 30.9 Å². The Hall–Kier alpha value is -0.620. The number of aliphatic hydroxyl groups excluding tert-OH is 1. The first kappa shape index (κ1) is 17.4. The van der Waals surface area contributed by atoms with E-state index in [1.54, 1.807) is 7.05 Å². The highest BCUT2D eigenvalue weighted by atomic mass is 35.5. The lowest BCUT2D eigenvalue weighted by Gasteiger charge is -2.34. The van der Waals surface area contributed by atoms with E-state index in [9.17, 15) is 8.42 Å². The van der Waals surface area contributed by atoms with Gasteiger partial charge in [0.15, 0.2) is 0 Å². The molecule has 0 radical (unpaired) electrons. The molecule has 1 unspecified atom stereocenters. The summed E-state index contributed by atoms with van der Waals surface area (Å²) in [5, 5.41) is 9.33. The molecular formula is C14H22ClNO3S. The molecule has 1 aromatic carbocycles. The maximum atomic E-state index is 12.6. The SMILES string of the molecule is CC(N(C)S(=O)(=O)c1ccc(CO)c(Cl)c1)C(C)(C)C. The maximum Gasteiger partial charge on any atom is 0.243 e. The summed E-state index contributed by atoms with van der Waals surface area (Å²) in [6.45, 7) is 7.64. The number of rotatable bonds is 4. The van der Waals surface area contributed by atoms with Gasteiger partial charge in [0.05, 0.1) is 11.5 Å². The van der Waals surface area contributed by atoms with Crippen molar-refractivity contribution in [2.24, 2.45) is 5.41 Å². The van der Waals surface area contributed by atoms with E-state index in [0.717, 1.165) is 0 Å². The minimum Gasteiger partial charge on any atom is -0.392 e. The lowest BCUT2D eigenvalue weighted by Crippen LogP contribution is -2.42. The van der Waals surface area contributed by atoms with Gasteiger partial charge in [-0.25, -0.2) is 8.42 Å². The molecule has 0 bridgehead atoms. The minimum absolute atomic E-state index is 0.137. The number of benzene rings is 1. The van der Waals surface area contributed by atoms with Gasteiger partial charge in [-0.05, 0) is 30.0 Å². The lowest BCUT2D eigenvalue weighted by atomic mass is 9.88. The van der Waals surface area contributed by atoms with Crippen LogP contribution in [0.5, 0.6) is 0 Å². The summed E-state index contributed by atoms with van der Waals surface area (Å²) in [4.78, 5) is 0.137. The van der Waals surface area contributed by atoms with E-state index in [-0.39, 0.29) is 28.0 Å². The minimum atomic E-state index is -3.60. The van der Waals surface area contributed by atoms with Crippen molar-refractivity contribution in [1.82, 2.24) is 4.31 Å². The molecule has 0 saturated heterocycles. The van der Waals surface area contributed by atoms with Crippen LogP contribution in [0.2, 0.25) is 5.02 Å². The second kappa shape index (κ2) is 6.02. The van der Waals surface area contributed by atoms with Gasteiger partial charge in [0.1, 0.15) is 0 Å². The van der Waals surface area contributed by atoms with Crippen molar-refractivity contribution in [3.63, 3.8) is 0 Å².